The first-order valence-corrected chi connectivity index (χ1v) is 13.5. The summed E-state index contributed by atoms with van der Waals surface area (Å²) >= 11 is 0. The smallest absolute Gasteiger partial charge is 0.150 e. The molecule has 0 spiro atoms. The van der Waals surface area contributed by atoms with E-state index in [1.54, 1.807) is 0 Å². The highest BCUT2D eigenvalue weighted by Gasteiger charge is 2.43. The summed E-state index contributed by atoms with van der Waals surface area (Å²) in [5.41, 5.74) is 9.48. The number of hydrogen-bond acceptors (Lipinski definition) is 2. The molecule has 0 saturated heterocycles. The number of aldehydes is 1. The minimum absolute atomic E-state index is 0.445. The van der Waals surface area contributed by atoms with E-state index in [4.69, 9.17) is 0 Å². The van der Waals surface area contributed by atoms with E-state index >= 15 is 0 Å². The van der Waals surface area contributed by atoms with Gasteiger partial charge in [-0.05, 0) is 70.3 Å². The number of rotatable bonds is 5. The molecule has 2 atom stereocenters. The van der Waals surface area contributed by atoms with Gasteiger partial charge in [0.1, 0.15) is 0 Å². The Morgan fingerprint density at radius 1 is 0.711 bits per heavy atom. The minimum atomic E-state index is 0.445. The zero-order valence-corrected chi connectivity index (χ0v) is 21.3. The van der Waals surface area contributed by atoms with Crippen LogP contribution in [-0.2, 0) is 0 Å². The summed E-state index contributed by atoms with van der Waals surface area (Å²) in [5, 5.41) is 2.22. The molecule has 0 aromatic heterocycles. The molecule has 5 aromatic rings. The maximum Gasteiger partial charge on any atom is 0.150 e. The van der Waals surface area contributed by atoms with Crippen molar-refractivity contribution in [3.8, 4) is 0 Å². The molecule has 7 rings (SSSR count). The topological polar surface area (TPSA) is 20.3 Å². The number of carbonyl (C=O) groups is 1. The highest BCUT2D eigenvalue weighted by Crippen LogP contribution is 2.55. The third-order valence-corrected chi connectivity index (χ3v) is 8.31. The van der Waals surface area contributed by atoms with Crippen LogP contribution in [0.4, 0.5) is 11.4 Å². The Labute approximate surface area is 223 Å². The van der Waals surface area contributed by atoms with Crippen molar-refractivity contribution in [3.63, 3.8) is 0 Å². The van der Waals surface area contributed by atoms with E-state index in [1.807, 2.05) is 6.07 Å². The number of carbonyl (C=O) groups excluding carboxylic acids is 1. The van der Waals surface area contributed by atoms with Crippen molar-refractivity contribution in [1.82, 2.24) is 0 Å². The zero-order valence-electron chi connectivity index (χ0n) is 21.3. The highest BCUT2D eigenvalue weighted by molar-refractivity contribution is 6.07. The molecule has 0 bridgehead atoms. The first kappa shape index (κ1) is 22.7. The van der Waals surface area contributed by atoms with Crippen LogP contribution >= 0.6 is 0 Å². The summed E-state index contributed by atoms with van der Waals surface area (Å²) < 4.78 is 0. The monoisotopic (exact) mass is 491 g/mol. The zero-order chi connectivity index (χ0) is 25.5. The molecule has 1 aliphatic heterocycles. The maximum atomic E-state index is 12.0. The summed E-state index contributed by atoms with van der Waals surface area (Å²) in [6, 6.07) is 41.2. The molecule has 1 fully saturated rings. The third kappa shape index (κ3) is 3.76. The maximum absolute atomic E-state index is 12.0. The minimum Gasteiger partial charge on any atom is -0.337 e. The van der Waals surface area contributed by atoms with Gasteiger partial charge in [-0.3, -0.25) is 4.79 Å². The third-order valence-electron chi connectivity index (χ3n) is 8.31. The SMILES string of the molecule is O=Cc1cc2c(c3ccccc13)N(c1ccc(C=C(c3ccccc3)c3ccccc3)cc1)C1CCCC21. The first-order valence-electron chi connectivity index (χ1n) is 13.5. The van der Waals surface area contributed by atoms with Gasteiger partial charge in [-0.15, -0.1) is 0 Å². The van der Waals surface area contributed by atoms with Gasteiger partial charge in [0.15, 0.2) is 6.29 Å². The van der Waals surface area contributed by atoms with Crippen LogP contribution in [0.3, 0.4) is 0 Å². The van der Waals surface area contributed by atoms with E-state index in [0.29, 0.717) is 12.0 Å². The largest absolute Gasteiger partial charge is 0.337 e. The van der Waals surface area contributed by atoms with Crippen molar-refractivity contribution in [1.29, 1.82) is 0 Å². The van der Waals surface area contributed by atoms with Crippen molar-refractivity contribution in [2.45, 2.75) is 31.2 Å². The molecule has 5 aromatic carbocycles. The van der Waals surface area contributed by atoms with Gasteiger partial charge in [-0.2, -0.15) is 0 Å². The summed E-state index contributed by atoms with van der Waals surface area (Å²) in [4.78, 5) is 14.5. The lowest BCUT2D eigenvalue weighted by atomic mass is 9.92. The quantitative estimate of drug-likeness (QED) is 0.181. The summed E-state index contributed by atoms with van der Waals surface area (Å²) in [6.45, 7) is 0. The van der Waals surface area contributed by atoms with E-state index in [2.05, 4.69) is 120 Å². The predicted octanol–water partition coefficient (Wildman–Crippen LogP) is 9.03. The van der Waals surface area contributed by atoms with Gasteiger partial charge in [0.25, 0.3) is 0 Å². The lowest BCUT2D eigenvalue weighted by molar-refractivity contribution is 0.112. The molecule has 1 saturated carbocycles. The number of anilines is 2. The average molecular weight is 492 g/mol. The van der Waals surface area contributed by atoms with Crippen molar-refractivity contribution in [2.24, 2.45) is 0 Å². The standard InChI is InChI=1S/C36H29NO/c38-24-28-23-34-31-16-9-17-35(31)37(36(34)32-15-8-7-14-30(28)32)29-20-18-25(19-21-29)22-33(26-10-3-1-4-11-26)27-12-5-2-6-13-27/h1-8,10-15,18-24,31,35H,9,16-17H2. The van der Waals surface area contributed by atoms with E-state index in [0.717, 1.165) is 17.2 Å². The molecule has 2 aliphatic rings. The van der Waals surface area contributed by atoms with Crippen LogP contribution in [0.5, 0.6) is 0 Å². The van der Waals surface area contributed by atoms with E-state index < -0.39 is 0 Å². The molecule has 0 radical (unpaired) electrons. The van der Waals surface area contributed by atoms with Gasteiger partial charge in [-0.25, -0.2) is 0 Å². The average Bonchev–Trinajstić information content (AvgIpc) is 3.58. The number of nitrogens with zero attached hydrogens (tertiary/aromatic N) is 1. The normalized spacial score (nSPS) is 17.7. The van der Waals surface area contributed by atoms with Crippen LogP contribution in [0.15, 0.2) is 115 Å². The molecule has 184 valence electrons. The Kier molecular flexibility index (Phi) is 5.66. The second-order valence-corrected chi connectivity index (χ2v) is 10.4. The molecule has 2 nitrogen and oxygen atoms in total. The lowest BCUT2D eigenvalue weighted by Gasteiger charge is -2.28. The molecule has 2 heteroatoms. The van der Waals surface area contributed by atoms with Crippen molar-refractivity contribution < 1.29 is 4.79 Å². The van der Waals surface area contributed by atoms with Crippen LogP contribution in [0.25, 0.3) is 22.4 Å². The van der Waals surface area contributed by atoms with E-state index in [-0.39, 0.29) is 0 Å². The van der Waals surface area contributed by atoms with E-state index in [1.165, 1.54) is 63.9 Å². The first-order chi connectivity index (χ1) is 18.8. The van der Waals surface area contributed by atoms with Gasteiger partial charge in [0.2, 0.25) is 0 Å². The number of fused-ring (bicyclic) bond motifs is 5. The fourth-order valence-electron chi connectivity index (χ4n) is 6.62. The van der Waals surface area contributed by atoms with Gasteiger partial charge in [-0.1, -0.05) is 103 Å². The van der Waals surface area contributed by atoms with Gasteiger partial charge >= 0.3 is 0 Å². The second-order valence-electron chi connectivity index (χ2n) is 10.4. The van der Waals surface area contributed by atoms with Gasteiger partial charge in [0.05, 0.1) is 5.69 Å². The van der Waals surface area contributed by atoms with Gasteiger partial charge < -0.3 is 4.90 Å². The molecular formula is C36H29NO. The summed E-state index contributed by atoms with van der Waals surface area (Å²) in [6.07, 6.45) is 6.90. The molecule has 2 unspecified atom stereocenters. The Bertz CT molecular complexity index is 1610. The molecule has 0 N–H and O–H groups in total. The van der Waals surface area contributed by atoms with Crippen LogP contribution in [0, 0.1) is 0 Å². The van der Waals surface area contributed by atoms with Gasteiger partial charge in [0, 0.05) is 28.6 Å². The van der Waals surface area contributed by atoms with Crippen molar-refractivity contribution in [2.75, 3.05) is 4.90 Å². The highest BCUT2D eigenvalue weighted by atomic mass is 16.1. The Hall–Kier alpha value is -4.43. The lowest BCUT2D eigenvalue weighted by Crippen LogP contribution is -2.26. The van der Waals surface area contributed by atoms with Crippen LogP contribution in [-0.4, -0.2) is 12.3 Å². The van der Waals surface area contributed by atoms with Crippen molar-refractivity contribution >= 4 is 40.1 Å². The van der Waals surface area contributed by atoms with Crippen LogP contribution in [0.2, 0.25) is 0 Å². The number of benzene rings is 5. The fourth-order valence-corrected chi connectivity index (χ4v) is 6.62. The molecular weight excluding hydrogens is 462 g/mol. The van der Waals surface area contributed by atoms with E-state index in [9.17, 15) is 4.79 Å². The Morgan fingerprint density at radius 3 is 2.00 bits per heavy atom. The number of hydrogen-bond donors (Lipinski definition) is 0. The summed E-state index contributed by atoms with van der Waals surface area (Å²) in [5.74, 6) is 0.482. The Balaban J connectivity index is 1.32. The second kappa shape index (κ2) is 9.46. The van der Waals surface area contributed by atoms with Crippen LogP contribution in [0.1, 0.15) is 57.8 Å². The predicted molar refractivity (Wildman–Crippen MR) is 158 cm³/mol. The van der Waals surface area contributed by atoms with Crippen molar-refractivity contribution in [3.05, 3.63) is 143 Å². The molecule has 0 amide bonds. The Morgan fingerprint density at radius 2 is 1.34 bits per heavy atom. The fraction of sp³-hybridized carbons (Fsp3) is 0.139. The molecule has 1 aliphatic carbocycles. The summed E-state index contributed by atoms with van der Waals surface area (Å²) in [7, 11) is 0. The molecule has 38 heavy (non-hydrogen) atoms. The molecule has 1 heterocycles. The van der Waals surface area contributed by atoms with Crippen LogP contribution < -0.4 is 4.90 Å².